The highest BCUT2D eigenvalue weighted by atomic mass is 16.5. The molecule has 1 aliphatic rings. The minimum atomic E-state index is -1.04. The van der Waals surface area contributed by atoms with Gasteiger partial charge in [0.1, 0.15) is 12.2 Å². The molecule has 0 aliphatic carbocycles. The van der Waals surface area contributed by atoms with E-state index in [1.807, 2.05) is 48.5 Å². The van der Waals surface area contributed by atoms with Crippen molar-refractivity contribution in [3.63, 3.8) is 0 Å². The molecule has 4 atom stereocenters. The number of hydrogen-bond acceptors (Lipinski definition) is 7. The summed E-state index contributed by atoms with van der Waals surface area (Å²) in [6.07, 6.45) is -2.94. The second-order valence-electron chi connectivity index (χ2n) is 7.23. The minimum Gasteiger partial charge on any atom is -0.421 e. The Labute approximate surface area is 174 Å². The maximum atomic E-state index is 10.2. The normalized spacial score (nSPS) is 23.6. The highest BCUT2D eigenvalue weighted by molar-refractivity contribution is 5.55. The number of benzene rings is 2. The molecule has 1 aromatic heterocycles. The summed E-state index contributed by atoms with van der Waals surface area (Å²) in [4.78, 5) is 0. The maximum absolute atomic E-state index is 10.2. The number of aromatic nitrogens is 2. The first kappa shape index (κ1) is 20.3. The van der Waals surface area contributed by atoms with Gasteiger partial charge in [-0.25, -0.2) is 0 Å². The highest BCUT2D eigenvalue weighted by Gasteiger charge is 2.37. The summed E-state index contributed by atoms with van der Waals surface area (Å²) >= 11 is 0. The third-order valence-corrected chi connectivity index (χ3v) is 5.00. The molecule has 1 fully saturated rings. The number of hydrogen-bond donors (Lipinski definition) is 3. The second kappa shape index (κ2) is 8.78. The van der Waals surface area contributed by atoms with Crippen molar-refractivity contribution < 1.29 is 24.5 Å². The van der Waals surface area contributed by atoms with Crippen LogP contribution < -0.4 is 0 Å². The van der Waals surface area contributed by atoms with Gasteiger partial charge in [0.25, 0.3) is 0 Å². The van der Waals surface area contributed by atoms with Crippen LogP contribution in [0.1, 0.15) is 35.1 Å². The van der Waals surface area contributed by atoms with Gasteiger partial charge < -0.3 is 24.5 Å². The molecule has 30 heavy (non-hydrogen) atoms. The van der Waals surface area contributed by atoms with Gasteiger partial charge >= 0.3 is 0 Å². The average molecular weight is 406 g/mol. The second-order valence-corrected chi connectivity index (χ2v) is 7.23. The Bertz CT molecular complexity index is 1050. The van der Waals surface area contributed by atoms with Crippen molar-refractivity contribution >= 4 is 0 Å². The summed E-state index contributed by atoms with van der Waals surface area (Å²) in [5.74, 6) is 7.20. The fourth-order valence-electron chi connectivity index (χ4n) is 3.36. The van der Waals surface area contributed by atoms with Gasteiger partial charge in [-0.1, -0.05) is 24.0 Å². The van der Waals surface area contributed by atoms with Crippen molar-refractivity contribution in [3.8, 4) is 23.3 Å². The Morgan fingerprint density at radius 1 is 0.967 bits per heavy atom. The van der Waals surface area contributed by atoms with Crippen LogP contribution in [0.3, 0.4) is 0 Å². The van der Waals surface area contributed by atoms with Gasteiger partial charge in [-0.3, -0.25) is 0 Å². The lowest BCUT2D eigenvalue weighted by molar-refractivity contribution is -0.179. The molecule has 7 heteroatoms. The van der Waals surface area contributed by atoms with Crippen molar-refractivity contribution in [1.29, 1.82) is 0 Å². The van der Waals surface area contributed by atoms with E-state index in [1.165, 1.54) is 0 Å². The number of rotatable bonds is 3. The zero-order chi connectivity index (χ0) is 21.1. The lowest BCUT2D eigenvalue weighted by Crippen LogP contribution is -2.44. The first-order chi connectivity index (χ1) is 14.5. The van der Waals surface area contributed by atoms with Gasteiger partial charge in [-0.05, 0) is 42.0 Å². The summed E-state index contributed by atoms with van der Waals surface area (Å²) in [7, 11) is 0. The summed E-state index contributed by atoms with van der Waals surface area (Å²) in [5, 5.41) is 37.4. The predicted molar refractivity (Wildman–Crippen MR) is 108 cm³/mol. The fraction of sp³-hybridized carbons (Fsp3) is 0.304. The summed E-state index contributed by atoms with van der Waals surface area (Å²) < 4.78 is 11.1. The Morgan fingerprint density at radius 2 is 1.60 bits per heavy atom. The molecule has 0 saturated carbocycles. The number of nitrogens with zero attached hydrogens (tertiary/aromatic N) is 2. The fourth-order valence-corrected chi connectivity index (χ4v) is 3.36. The Balaban J connectivity index is 1.46. The first-order valence-corrected chi connectivity index (χ1v) is 9.68. The quantitative estimate of drug-likeness (QED) is 0.571. The molecule has 4 unspecified atom stereocenters. The van der Waals surface area contributed by atoms with Crippen LogP contribution in [0.15, 0.2) is 52.9 Å². The summed E-state index contributed by atoms with van der Waals surface area (Å²) in [6, 6.07) is 14.8. The minimum absolute atomic E-state index is 0.200. The van der Waals surface area contributed by atoms with Crippen LogP contribution in [0.25, 0.3) is 11.5 Å². The molecule has 7 nitrogen and oxygen atoms in total. The van der Waals surface area contributed by atoms with Crippen LogP contribution in [-0.4, -0.2) is 50.4 Å². The summed E-state index contributed by atoms with van der Waals surface area (Å²) in [6.45, 7) is 1.55. The van der Waals surface area contributed by atoms with Gasteiger partial charge in [0, 0.05) is 30.0 Å². The standard InChI is InChI=1S/C23H22N2O5/c1-14-24-25-23(29-14)18-10-6-16(7-11-18)3-2-15-4-8-17(9-5-15)22-21(28)20(27)12-19(13-26)30-22/h4-11,19-22,26-28H,12-13H2,1H3. The molecule has 2 aromatic carbocycles. The van der Waals surface area contributed by atoms with E-state index in [0.29, 0.717) is 11.8 Å². The van der Waals surface area contributed by atoms with Gasteiger partial charge in [-0.2, -0.15) is 0 Å². The first-order valence-electron chi connectivity index (χ1n) is 9.68. The lowest BCUT2D eigenvalue weighted by atomic mass is 9.93. The Morgan fingerprint density at radius 3 is 2.17 bits per heavy atom. The molecule has 1 aliphatic heterocycles. The molecular weight excluding hydrogens is 384 g/mol. The van der Waals surface area contributed by atoms with Crippen LogP contribution in [-0.2, 0) is 4.74 Å². The molecule has 0 spiro atoms. The molecule has 4 rings (SSSR count). The predicted octanol–water partition coefficient (Wildman–Crippen LogP) is 1.99. The van der Waals surface area contributed by atoms with E-state index in [0.717, 1.165) is 22.3 Å². The van der Waals surface area contributed by atoms with E-state index in [2.05, 4.69) is 22.0 Å². The van der Waals surface area contributed by atoms with Crippen molar-refractivity contribution in [1.82, 2.24) is 10.2 Å². The molecule has 2 heterocycles. The van der Waals surface area contributed by atoms with E-state index in [-0.39, 0.29) is 13.0 Å². The SMILES string of the molecule is Cc1nnc(-c2ccc(C#Cc3ccc(C4OC(CO)CC(O)C4O)cc3)cc2)o1. The van der Waals surface area contributed by atoms with E-state index >= 15 is 0 Å². The Hall–Kier alpha value is -3.02. The largest absolute Gasteiger partial charge is 0.421 e. The monoisotopic (exact) mass is 406 g/mol. The van der Waals surface area contributed by atoms with E-state index in [9.17, 15) is 15.3 Å². The third-order valence-electron chi connectivity index (χ3n) is 5.00. The van der Waals surface area contributed by atoms with Crippen LogP contribution in [0.4, 0.5) is 0 Å². The van der Waals surface area contributed by atoms with Crippen LogP contribution in [0.5, 0.6) is 0 Å². The topological polar surface area (TPSA) is 109 Å². The van der Waals surface area contributed by atoms with Gasteiger partial charge in [0.15, 0.2) is 0 Å². The van der Waals surface area contributed by atoms with Gasteiger partial charge in [-0.15, -0.1) is 10.2 Å². The number of ether oxygens (including phenoxy) is 1. The summed E-state index contributed by atoms with van der Waals surface area (Å²) in [5.41, 5.74) is 3.21. The molecule has 3 N–H and O–H groups in total. The average Bonchev–Trinajstić information content (AvgIpc) is 3.21. The zero-order valence-electron chi connectivity index (χ0n) is 16.4. The van der Waals surface area contributed by atoms with Crippen molar-refractivity contribution in [2.45, 2.75) is 37.8 Å². The lowest BCUT2D eigenvalue weighted by Gasteiger charge is -2.36. The molecule has 0 bridgehead atoms. The maximum Gasteiger partial charge on any atom is 0.247 e. The van der Waals surface area contributed by atoms with Crippen molar-refractivity contribution in [2.24, 2.45) is 0 Å². The van der Waals surface area contributed by atoms with Crippen molar-refractivity contribution in [2.75, 3.05) is 6.61 Å². The zero-order valence-corrected chi connectivity index (χ0v) is 16.4. The smallest absolute Gasteiger partial charge is 0.247 e. The molecule has 0 radical (unpaired) electrons. The van der Waals surface area contributed by atoms with Crippen LogP contribution >= 0.6 is 0 Å². The number of aliphatic hydroxyl groups is 3. The van der Waals surface area contributed by atoms with E-state index < -0.39 is 24.4 Å². The number of aryl methyl sites for hydroxylation is 1. The molecule has 3 aromatic rings. The number of aliphatic hydroxyl groups excluding tert-OH is 3. The van der Waals surface area contributed by atoms with Crippen molar-refractivity contribution in [3.05, 3.63) is 71.1 Å². The third kappa shape index (κ3) is 4.42. The van der Waals surface area contributed by atoms with Gasteiger partial charge in [0.2, 0.25) is 11.8 Å². The molecule has 0 amide bonds. The molecule has 1 saturated heterocycles. The molecule has 154 valence electrons. The molecular formula is C23H22N2O5. The van der Waals surface area contributed by atoms with E-state index in [4.69, 9.17) is 9.15 Å². The van der Waals surface area contributed by atoms with Crippen LogP contribution in [0, 0.1) is 18.8 Å². The highest BCUT2D eigenvalue weighted by Crippen LogP contribution is 2.32. The van der Waals surface area contributed by atoms with E-state index in [1.54, 1.807) is 6.92 Å². The Kier molecular flexibility index (Phi) is 5.93. The van der Waals surface area contributed by atoms with Gasteiger partial charge in [0.05, 0.1) is 18.8 Å². The van der Waals surface area contributed by atoms with Crippen LogP contribution in [0.2, 0.25) is 0 Å².